The molecule has 1 aromatic heterocycles. The summed E-state index contributed by atoms with van der Waals surface area (Å²) in [6.07, 6.45) is 7.60. The second-order valence-corrected chi connectivity index (χ2v) is 8.26. The predicted octanol–water partition coefficient (Wildman–Crippen LogP) is 7.15. The molecular formula is C30H30F2N4. The van der Waals surface area contributed by atoms with Gasteiger partial charge in [0.1, 0.15) is 11.6 Å². The normalized spacial score (nSPS) is 11.7. The van der Waals surface area contributed by atoms with E-state index in [2.05, 4.69) is 35.4 Å². The van der Waals surface area contributed by atoms with Crippen molar-refractivity contribution in [3.05, 3.63) is 138 Å². The molecule has 3 rings (SSSR count). The molecule has 0 saturated carbocycles. The summed E-state index contributed by atoms with van der Waals surface area (Å²) in [4.78, 5) is 4.29. The molecule has 0 spiro atoms. The van der Waals surface area contributed by atoms with E-state index >= 15 is 0 Å². The van der Waals surface area contributed by atoms with E-state index in [0.29, 0.717) is 17.8 Å². The van der Waals surface area contributed by atoms with Crippen LogP contribution >= 0.6 is 0 Å². The molecule has 1 heterocycles. The lowest BCUT2D eigenvalue weighted by Gasteiger charge is -2.15. The summed E-state index contributed by atoms with van der Waals surface area (Å²) >= 11 is 0. The maximum atomic E-state index is 14.2. The smallest absolute Gasteiger partial charge is 0.135 e. The van der Waals surface area contributed by atoms with Crippen molar-refractivity contribution in [1.82, 2.24) is 10.3 Å². The fourth-order valence-corrected chi connectivity index (χ4v) is 3.63. The average molecular weight is 485 g/mol. The van der Waals surface area contributed by atoms with Crippen LogP contribution in [0.1, 0.15) is 29.3 Å². The number of rotatable bonds is 10. The molecule has 36 heavy (non-hydrogen) atoms. The molecule has 4 nitrogen and oxygen atoms in total. The number of anilines is 2. The Kier molecular flexibility index (Phi) is 8.57. The number of nitrogens with two attached hydrogens (primary N) is 1. The van der Waals surface area contributed by atoms with Gasteiger partial charge in [-0.15, -0.1) is 0 Å². The number of hydrogen-bond donors (Lipinski definition) is 3. The SMILES string of the molecule is C=C/C(=C\C(=C/C)c1ccc(N)c(CC(=C)Nc2ccc(C)nc2)c1)NC(=C)c1c(F)cccc1F. The van der Waals surface area contributed by atoms with Gasteiger partial charge in [0, 0.05) is 34.9 Å². The second-order valence-electron chi connectivity index (χ2n) is 8.26. The van der Waals surface area contributed by atoms with Crippen molar-refractivity contribution < 1.29 is 8.78 Å². The van der Waals surface area contributed by atoms with E-state index in [4.69, 9.17) is 5.73 Å². The number of aryl methyl sites for hydroxylation is 1. The fourth-order valence-electron chi connectivity index (χ4n) is 3.63. The van der Waals surface area contributed by atoms with Gasteiger partial charge in [-0.05, 0) is 79.1 Å². The minimum Gasteiger partial charge on any atom is -0.398 e. The summed E-state index contributed by atoms with van der Waals surface area (Å²) in [7, 11) is 0. The quantitative estimate of drug-likeness (QED) is 0.211. The molecule has 0 aliphatic carbocycles. The van der Waals surface area contributed by atoms with E-state index in [9.17, 15) is 8.78 Å². The average Bonchev–Trinajstić information content (AvgIpc) is 2.84. The first kappa shape index (κ1) is 26.2. The van der Waals surface area contributed by atoms with Crippen LogP contribution in [0.3, 0.4) is 0 Å². The summed E-state index contributed by atoms with van der Waals surface area (Å²) in [5.74, 6) is -1.39. The molecule has 0 saturated heterocycles. The van der Waals surface area contributed by atoms with Gasteiger partial charge in [0.15, 0.2) is 0 Å². The highest BCUT2D eigenvalue weighted by Crippen LogP contribution is 2.26. The maximum Gasteiger partial charge on any atom is 0.135 e. The Morgan fingerprint density at radius 1 is 1.08 bits per heavy atom. The van der Waals surface area contributed by atoms with Crippen molar-refractivity contribution >= 4 is 22.6 Å². The fraction of sp³-hybridized carbons (Fsp3) is 0.100. The third-order valence-corrected chi connectivity index (χ3v) is 5.51. The minimum atomic E-state index is -0.694. The van der Waals surface area contributed by atoms with E-state index in [-0.39, 0.29) is 11.3 Å². The third-order valence-electron chi connectivity index (χ3n) is 5.51. The summed E-state index contributed by atoms with van der Waals surface area (Å²) < 4.78 is 28.3. The highest BCUT2D eigenvalue weighted by Gasteiger charge is 2.13. The first-order valence-electron chi connectivity index (χ1n) is 11.4. The van der Waals surface area contributed by atoms with E-state index in [1.54, 1.807) is 12.3 Å². The van der Waals surface area contributed by atoms with Crippen LogP contribution in [0.5, 0.6) is 0 Å². The number of allylic oxidation sites excluding steroid dienone is 5. The van der Waals surface area contributed by atoms with Crippen LogP contribution in [0.2, 0.25) is 0 Å². The highest BCUT2D eigenvalue weighted by atomic mass is 19.1. The van der Waals surface area contributed by atoms with Crippen molar-refractivity contribution in [2.24, 2.45) is 0 Å². The summed E-state index contributed by atoms with van der Waals surface area (Å²) in [5, 5.41) is 6.22. The zero-order valence-electron chi connectivity index (χ0n) is 20.5. The molecule has 3 aromatic rings. The number of benzene rings is 2. The number of pyridine rings is 1. The van der Waals surface area contributed by atoms with E-state index in [1.807, 2.05) is 56.3 Å². The Hall–Kier alpha value is -4.45. The number of hydrogen-bond acceptors (Lipinski definition) is 4. The summed E-state index contributed by atoms with van der Waals surface area (Å²) in [6.45, 7) is 15.6. The van der Waals surface area contributed by atoms with Crippen LogP contribution in [0.4, 0.5) is 20.2 Å². The first-order valence-corrected chi connectivity index (χ1v) is 11.4. The Morgan fingerprint density at radius 2 is 1.81 bits per heavy atom. The van der Waals surface area contributed by atoms with Crippen LogP contribution < -0.4 is 16.4 Å². The second kappa shape index (κ2) is 11.8. The molecule has 0 aliphatic heterocycles. The lowest BCUT2D eigenvalue weighted by Crippen LogP contribution is -2.12. The number of nitrogen functional groups attached to an aromatic ring is 1. The number of nitrogens with one attached hydrogen (secondary N) is 2. The van der Waals surface area contributed by atoms with Gasteiger partial charge in [-0.1, -0.05) is 37.9 Å². The van der Waals surface area contributed by atoms with Crippen molar-refractivity contribution in [3.63, 3.8) is 0 Å². The topological polar surface area (TPSA) is 63.0 Å². The highest BCUT2D eigenvalue weighted by molar-refractivity contribution is 5.77. The molecule has 0 bridgehead atoms. The van der Waals surface area contributed by atoms with Crippen LogP contribution in [0, 0.1) is 18.6 Å². The van der Waals surface area contributed by atoms with Gasteiger partial charge in [-0.25, -0.2) is 8.78 Å². The predicted molar refractivity (Wildman–Crippen MR) is 147 cm³/mol. The molecule has 4 N–H and O–H groups in total. The zero-order valence-corrected chi connectivity index (χ0v) is 20.5. The molecule has 0 radical (unpaired) electrons. The molecular weight excluding hydrogens is 454 g/mol. The number of aromatic nitrogens is 1. The largest absolute Gasteiger partial charge is 0.398 e. The van der Waals surface area contributed by atoms with Crippen LogP contribution in [-0.2, 0) is 6.42 Å². The van der Waals surface area contributed by atoms with Crippen LogP contribution in [0.15, 0.2) is 104 Å². The van der Waals surface area contributed by atoms with Crippen LogP contribution in [0.25, 0.3) is 11.3 Å². The van der Waals surface area contributed by atoms with E-state index in [0.717, 1.165) is 33.8 Å². The summed E-state index contributed by atoms with van der Waals surface area (Å²) in [5.41, 5.74) is 12.6. The van der Waals surface area contributed by atoms with Gasteiger partial charge in [0.2, 0.25) is 0 Å². The molecule has 6 heteroatoms. The van der Waals surface area contributed by atoms with E-state index in [1.165, 1.54) is 18.2 Å². The van der Waals surface area contributed by atoms with Gasteiger partial charge in [0.05, 0.1) is 17.4 Å². The summed E-state index contributed by atoms with van der Waals surface area (Å²) in [6, 6.07) is 13.3. The third kappa shape index (κ3) is 6.57. The van der Waals surface area contributed by atoms with Gasteiger partial charge >= 0.3 is 0 Å². The Morgan fingerprint density at radius 3 is 2.42 bits per heavy atom. The van der Waals surface area contributed by atoms with Gasteiger partial charge in [-0.3, -0.25) is 4.98 Å². The Balaban J connectivity index is 1.80. The van der Waals surface area contributed by atoms with Crippen molar-refractivity contribution in [2.45, 2.75) is 20.3 Å². The van der Waals surface area contributed by atoms with Gasteiger partial charge < -0.3 is 16.4 Å². The molecule has 0 aliphatic rings. The van der Waals surface area contributed by atoms with Crippen molar-refractivity contribution in [2.75, 3.05) is 11.1 Å². The molecule has 0 unspecified atom stereocenters. The first-order chi connectivity index (χ1) is 17.2. The molecule has 0 atom stereocenters. The van der Waals surface area contributed by atoms with E-state index < -0.39 is 11.6 Å². The van der Waals surface area contributed by atoms with Crippen molar-refractivity contribution in [3.8, 4) is 0 Å². The monoisotopic (exact) mass is 484 g/mol. The molecule has 2 aromatic carbocycles. The van der Waals surface area contributed by atoms with Crippen LogP contribution in [-0.4, -0.2) is 4.98 Å². The number of nitrogens with zero attached hydrogens (tertiary/aromatic N) is 1. The molecule has 0 amide bonds. The Labute approximate surface area is 211 Å². The van der Waals surface area contributed by atoms with Gasteiger partial charge in [-0.2, -0.15) is 0 Å². The minimum absolute atomic E-state index is 0.0955. The van der Waals surface area contributed by atoms with Crippen molar-refractivity contribution in [1.29, 1.82) is 0 Å². The molecule has 0 fully saturated rings. The standard InChI is InChI=1S/C30H30F2N4/c1-6-22(17-25(7-2)36-21(5)30-27(31)9-8-10-28(30)32)23-12-14-29(33)24(16-23)15-20(4)35-26-13-11-19(3)34-18-26/h6-14,16-18,35-36H,2,4-5,15,33H2,1,3H3/b22-6+,25-17+. The zero-order chi connectivity index (χ0) is 26.2. The number of halogens is 2. The maximum absolute atomic E-state index is 14.2. The lowest BCUT2D eigenvalue weighted by molar-refractivity contribution is 0.575. The molecule has 184 valence electrons. The Bertz CT molecular complexity index is 1330. The lowest BCUT2D eigenvalue weighted by atomic mass is 9.98. The van der Waals surface area contributed by atoms with Gasteiger partial charge in [0.25, 0.3) is 0 Å².